The number of carbonyl (C=O) groups is 1. The molecule has 0 saturated carbocycles. The minimum atomic E-state index is -0.597. The Morgan fingerprint density at radius 2 is 2.00 bits per heavy atom. The van der Waals surface area contributed by atoms with Crippen LogP contribution in [0.5, 0.6) is 0 Å². The lowest BCUT2D eigenvalue weighted by molar-refractivity contribution is -0.127. The van der Waals surface area contributed by atoms with Gasteiger partial charge in [0.15, 0.2) is 0 Å². The first-order valence-electron chi connectivity index (χ1n) is 9.41. The molecule has 7 heteroatoms. The number of rotatable bonds is 3. The summed E-state index contributed by atoms with van der Waals surface area (Å²) in [7, 11) is 0. The second kappa shape index (κ2) is 7.95. The third kappa shape index (κ3) is 3.94. The number of para-hydroxylation sites is 1. The van der Waals surface area contributed by atoms with E-state index in [-0.39, 0.29) is 23.1 Å². The van der Waals surface area contributed by atoms with Crippen LogP contribution in [0.1, 0.15) is 24.4 Å². The molecule has 1 aromatic heterocycles. The first-order chi connectivity index (χ1) is 14.0. The largest absolute Gasteiger partial charge is 0.337 e. The second-order valence-electron chi connectivity index (χ2n) is 7.05. The standard InChI is InChI=1S/C22H19F2N3O2/c23-16-8-9-19(24)15(12-16)7-10-21(28)26-11-3-4-17(13-26)27-14-25-20-6-2-1-5-18(20)22(27)29/h1-2,5-10,12,14,17H,3-4,11,13H2/b10-7+/t17-/m1/s1. The number of piperidine rings is 1. The fourth-order valence-corrected chi connectivity index (χ4v) is 3.63. The Morgan fingerprint density at radius 3 is 2.86 bits per heavy atom. The predicted octanol–water partition coefficient (Wildman–Crippen LogP) is 3.55. The molecule has 1 amide bonds. The van der Waals surface area contributed by atoms with Crippen molar-refractivity contribution in [1.82, 2.24) is 14.5 Å². The predicted molar refractivity (Wildman–Crippen MR) is 106 cm³/mol. The lowest BCUT2D eigenvalue weighted by Crippen LogP contribution is -2.42. The molecule has 1 saturated heterocycles. The molecule has 2 heterocycles. The molecule has 1 aliphatic rings. The van der Waals surface area contributed by atoms with Crippen LogP contribution in [0, 0.1) is 11.6 Å². The van der Waals surface area contributed by atoms with Gasteiger partial charge in [-0.05, 0) is 49.2 Å². The first-order valence-corrected chi connectivity index (χ1v) is 9.41. The summed E-state index contributed by atoms with van der Waals surface area (Å²) in [4.78, 5) is 31.3. The van der Waals surface area contributed by atoms with Crippen LogP contribution in [0.3, 0.4) is 0 Å². The van der Waals surface area contributed by atoms with Gasteiger partial charge in [0.2, 0.25) is 5.91 Å². The van der Waals surface area contributed by atoms with Crippen LogP contribution in [0.25, 0.3) is 17.0 Å². The van der Waals surface area contributed by atoms with Crippen molar-refractivity contribution >= 4 is 22.9 Å². The molecule has 148 valence electrons. The Morgan fingerprint density at radius 1 is 1.17 bits per heavy atom. The second-order valence-corrected chi connectivity index (χ2v) is 7.05. The van der Waals surface area contributed by atoms with Crippen molar-refractivity contribution in [3.05, 3.63) is 82.4 Å². The third-order valence-electron chi connectivity index (χ3n) is 5.16. The first kappa shape index (κ1) is 19.0. The maximum absolute atomic E-state index is 13.7. The van der Waals surface area contributed by atoms with Crippen LogP contribution in [-0.2, 0) is 4.79 Å². The van der Waals surface area contributed by atoms with Gasteiger partial charge in [-0.15, -0.1) is 0 Å². The number of nitrogens with zero attached hydrogens (tertiary/aromatic N) is 3. The van der Waals surface area contributed by atoms with Gasteiger partial charge in [0.1, 0.15) is 11.6 Å². The Kier molecular flexibility index (Phi) is 5.20. The maximum Gasteiger partial charge on any atom is 0.261 e. The van der Waals surface area contributed by atoms with Crippen LogP contribution in [0.4, 0.5) is 8.78 Å². The molecule has 0 radical (unpaired) electrons. The molecular weight excluding hydrogens is 376 g/mol. The van der Waals surface area contributed by atoms with Gasteiger partial charge in [-0.2, -0.15) is 0 Å². The molecule has 0 aliphatic carbocycles. The lowest BCUT2D eigenvalue weighted by Gasteiger charge is -2.33. The Bertz CT molecular complexity index is 1160. The Labute approximate surface area is 165 Å². The monoisotopic (exact) mass is 395 g/mol. The van der Waals surface area contributed by atoms with Gasteiger partial charge in [-0.3, -0.25) is 14.2 Å². The summed E-state index contributed by atoms with van der Waals surface area (Å²) in [5.74, 6) is -1.47. The fourth-order valence-electron chi connectivity index (χ4n) is 3.63. The minimum absolute atomic E-state index is 0.0156. The number of fused-ring (bicyclic) bond motifs is 1. The molecule has 1 fully saturated rings. The topological polar surface area (TPSA) is 55.2 Å². The van der Waals surface area contributed by atoms with E-state index in [1.807, 2.05) is 6.07 Å². The average Bonchev–Trinajstić information content (AvgIpc) is 2.74. The number of likely N-dealkylation sites (tertiary alicyclic amines) is 1. The highest BCUT2D eigenvalue weighted by Gasteiger charge is 2.25. The van der Waals surface area contributed by atoms with Gasteiger partial charge in [0.25, 0.3) is 5.56 Å². The Hall–Kier alpha value is -3.35. The molecule has 0 N–H and O–H groups in total. The summed E-state index contributed by atoms with van der Waals surface area (Å²) in [6.07, 6.45) is 5.53. The Balaban J connectivity index is 1.53. The van der Waals surface area contributed by atoms with Crippen molar-refractivity contribution in [2.24, 2.45) is 0 Å². The molecule has 4 rings (SSSR count). The van der Waals surface area contributed by atoms with Crippen molar-refractivity contribution in [2.45, 2.75) is 18.9 Å². The van der Waals surface area contributed by atoms with Crippen molar-refractivity contribution in [3.8, 4) is 0 Å². The molecule has 0 spiro atoms. The fraction of sp³-hybridized carbons (Fsp3) is 0.227. The molecule has 29 heavy (non-hydrogen) atoms. The van der Waals surface area contributed by atoms with E-state index in [1.54, 1.807) is 27.7 Å². The van der Waals surface area contributed by atoms with E-state index in [2.05, 4.69) is 4.98 Å². The van der Waals surface area contributed by atoms with Gasteiger partial charge < -0.3 is 4.90 Å². The molecule has 5 nitrogen and oxygen atoms in total. The molecule has 1 atom stereocenters. The molecular formula is C22H19F2N3O2. The van der Waals surface area contributed by atoms with E-state index in [0.29, 0.717) is 24.0 Å². The van der Waals surface area contributed by atoms with Gasteiger partial charge >= 0.3 is 0 Å². The quantitative estimate of drug-likeness (QED) is 0.638. The van der Waals surface area contributed by atoms with E-state index >= 15 is 0 Å². The molecule has 1 aliphatic heterocycles. The number of carbonyl (C=O) groups excluding carboxylic acids is 1. The van der Waals surface area contributed by atoms with E-state index in [0.717, 1.165) is 31.0 Å². The van der Waals surface area contributed by atoms with Gasteiger partial charge in [-0.25, -0.2) is 13.8 Å². The third-order valence-corrected chi connectivity index (χ3v) is 5.16. The molecule has 3 aromatic rings. The smallest absolute Gasteiger partial charge is 0.261 e. The molecule has 0 unspecified atom stereocenters. The van der Waals surface area contributed by atoms with Crippen molar-refractivity contribution in [2.75, 3.05) is 13.1 Å². The SMILES string of the molecule is O=C(/C=C/c1cc(F)ccc1F)N1CCC[C@@H](n2cnc3ccccc3c2=O)C1. The van der Waals surface area contributed by atoms with E-state index in [4.69, 9.17) is 0 Å². The van der Waals surface area contributed by atoms with Crippen LogP contribution >= 0.6 is 0 Å². The van der Waals surface area contributed by atoms with E-state index in [1.165, 1.54) is 18.5 Å². The van der Waals surface area contributed by atoms with Crippen molar-refractivity contribution < 1.29 is 13.6 Å². The maximum atomic E-state index is 13.7. The normalized spacial score (nSPS) is 17.2. The average molecular weight is 395 g/mol. The molecule has 2 aromatic carbocycles. The number of hydrogen-bond acceptors (Lipinski definition) is 3. The molecule has 0 bridgehead atoms. The summed E-state index contributed by atoms with van der Waals surface area (Å²) >= 11 is 0. The van der Waals surface area contributed by atoms with Crippen molar-refractivity contribution in [1.29, 1.82) is 0 Å². The highest BCUT2D eigenvalue weighted by Crippen LogP contribution is 2.21. The number of amides is 1. The van der Waals surface area contributed by atoms with Crippen LogP contribution in [0.15, 0.2) is 59.7 Å². The number of hydrogen-bond donors (Lipinski definition) is 0. The highest BCUT2D eigenvalue weighted by atomic mass is 19.1. The number of halogens is 2. The van der Waals surface area contributed by atoms with Crippen LogP contribution in [-0.4, -0.2) is 33.4 Å². The summed E-state index contributed by atoms with van der Waals surface area (Å²) in [5.41, 5.74) is 0.520. The minimum Gasteiger partial charge on any atom is -0.337 e. The zero-order valence-electron chi connectivity index (χ0n) is 15.6. The summed E-state index contributed by atoms with van der Waals surface area (Å²) < 4.78 is 28.6. The van der Waals surface area contributed by atoms with E-state index < -0.39 is 11.6 Å². The van der Waals surface area contributed by atoms with Crippen LogP contribution < -0.4 is 5.56 Å². The van der Waals surface area contributed by atoms with Gasteiger partial charge in [0.05, 0.1) is 23.3 Å². The number of aromatic nitrogens is 2. The summed E-state index contributed by atoms with van der Waals surface area (Å²) in [5, 5.41) is 0.542. The van der Waals surface area contributed by atoms with E-state index in [9.17, 15) is 18.4 Å². The van der Waals surface area contributed by atoms with Crippen LogP contribution in [0.2, 0.25) is 0 Å². The van der Waals surface area contributed by atoms with Crippen molar-refractivity contribution in [3.63, 3.8) is 0 Å². The zero-order valence-corrected chi connectivity index (χ0v) is 15.6. The lowest BCUT2D eigenvalue weighted by atomic mass is 10.0. The number of benzene rings is 2. The highest BCUT2D eigenvalue weighted by molar-refractivity contribution is 5.91. The summed E-state index contributed by atoms with van der Waals surface area (Å²) in [6, 6.07) is 10.1. The zero-order chi connectivity index (χ0) is 20.4. The van der Waals surface area contributed by atoms with Gasteiger partial charge in [0, 0.05) is 24.7 Å². The summed E-state index contributed by atoms with van der Waals surface area (Å²) in [6.45, 7) is 0.899. The van der Waals surface area contributed by atoms with Gasteiger partial charge in [-0.1, -0.05) is 12.1 Å².